The van der Waals surface area contributed by atoms with E-state index < -0.39 is 0 Å². The highest BCUT2D eigenvalue weighted by molar-refractivity contribution is 5.23. The zero-order valence-corrected chi connectivity index (χ0v) is 6.63. The Morgan fingerprint density at radius 1 is 1.60 bits per heavy atom. The smallest absolute Gasteiger partial charge is 0.200 e. The molecule has 0 saturated carbocycles. The fraction of sp³-hybridized carbons (Fsp3) is 0.571. The highest BCUT2D eigenvalue weighted by Crippen LogP contribution is 2.14. The summed E-state index contributed by atoms with van der Waals surface area (Å²) in [6, 6.07) is 0. The van der Waals surface area contributed by atoms with Crippen molar-refractivity contribution in [2.45, 2.75) is 19.8 Å². The van der Waals surface area contributed by atoms with Gasteiger partial charge in [0.25, 0.3) is 0 Å². The molecule has 0 saturated heterocycles. The van der Waals surface area contributed by atoms with Gasteiger partial charge in [0.2, 0.25) is 0 Å². The SMILES string of the molecule is CC(C)c1cnc(N)n1C. The van der Waals surface area contributed by atoms with Gasteiger partial charge >= 0.3 is 0 Å². The van der Waals surface area contributed by atoms with Gasteiger partial charge in [-0.05, 0) is 5.92 Å². The molecular weight excluding hydrogens is 126 g/mol. The van der Waals surface area contributed by atoms with Gasteiger partial charge in [-0.15, -0.1) is 0 Å². The Hall–Kier alpha value is -0.990. The standard InChI is InChI=1S/C7H13N3/c1-5(2)6-4-9-7(8)10(6)3/h4-5H,1-3H3,(H2,8,9). The van der Waals surface area contributed by atoms with E-state index in [1.807, 2.05) is 17.8 Å². The largest absolute Gasteiger partial charge is 0.369 e. The molecule has 0 bridgehead atoms. The molecule has 1 aromatic heterocycles. The lowest BCUT2D eigenvalue weighted by Crippen LogP contribution is -2.02. The molecule has 0 aliphatic rings. The molecule has 0 aliphatic heterocycles. The van der Waals surface area contributed by atoms with E-state index in [0.29, 0.717) is 11.9 Å². The molecule has 1 heterocycles. The first kappa shape index (κ1) is 7.12. The average Bonchev–Trinajstić information content (AvgIpc) is 2.14. The van der Waals surface area contributed by atoms with Crippen molar-refractivity contribution in [3.63, 3.8) is 0 Å². The van der Waals surface area contributed by atoms with Crippen LogP contribution < -0.4 is 5.73 Å². The first-order valence-electron chi connectivity index (χ1n) is 3.40. The Kier molecular flexibility index (Phi) is 1.66. The zero-order chi connectivity index (χ0) is 7.72. The number of rotatable bonds is 1. The second kappa shape index (κ2) is 2.33. The summed E-state index contributed by atoms with van der Waals surface area (Å²) in [5.74, 6) is 1.08. The Balaban J connectivity index is 3.05. The van der Waals surface area contributed by atoms with Crippen LogP contribution in [0.3, 0.4) is 0 Å². The molecule has 2 N–H and O–H groups in total. The molecule has 0 aromatic carbocycles. The highest BCUT2D eigenvalue weighted by atomic mass is 15.1. The van der Waals surface area contributed by atoms with Crippen LogP contribution in [0.5, 0.6) is 0 Å². The van der Waals surface area contributed by atoms with E-state index in [1.165, 1.54) is 5.69 Å². The summed E-state index contributed by atoms with van der Waals surface area (Å²) in [5, 5.41) is 0. The molecule has 0 amide bonds. The lowest BCUT2D eigenvalue weighted by Gasteiger charge is -2.04. The monoisotopic (exact) mass is 139 g/mol. The van der Waals surface area contributed by atoms with E-state index in [9.17, 15) is 0 Å². The quantitative estimate of drug-likeness (QED) is 0.633. The van der Waals surface area contributed by atoms with Crippen molar-refractivity contribution >= 4 is 5.95 Å². The van der Waals surface area contributed by atoms with E-state index in [2.05, 4.69) is 18.8 Å². The molecule has 56 valence electrons. The van der Waals surface area contributed by atoms with Crippen LogP contribution in [0.15, 0.2) is 6.20 Å². The Bertz CT molecular complexity index is 225. The molecule has 0 unspecified atom stereocenters. The Morgan fingerprint density at radius 2 is 2.20 bits per heavy atom. The van der Waals surface area contributed by atoms with Gasteiger partial charge in [-0.2, -0.15) is 0 Å². The summed E-state index contributed by atoms with van der Waals surface area (Å²) in [7, 11) is 1.93. The predicted octanol–water partition coefficient (Wildman–Crippen LogP) is 1.13. The molecule has 1 aromatic rings. The number of nitrogens with zero attached hydrogens (tertiary/aromatic N) is 2. The van der Waals surface area contributed by atoms with Gasteiger partial charge in [0.05, 0.1) is 6.20 Å². The second-order valence-electron chi connectivity index (χ2n) is 2.75. The van der Waals surface area contributed by atoms with Crippen LogP contribution in [-0.2, 0) is 7.05 Å². The minimum Gasteiger partial charge on any atom is -0.369 e. The molecule has 0 atom stereocenters. The van der Waals surface area contributed by atoms with Crippen LogP contribution >= 0.6 is 0 Å². The number of imidazole rings is 1. The van der Waals surface area contributed by atoms with Crippen LogP contribution in [0, 0.1) is 0 Å². The van der Waals surface area contributed by atoms with Gasteiger partial charge in [-0.1, -0.05) is 13.8 Å². The van der Waals surface area contributed by atoms with E-state index >= 15 is 0 Å². The van der Waals surface area contributed by atoms with Crippen molar-refractivity contribution in [1.82, 2.24) is 9.55 Å². The van der Waals surface area contributed by atoms with E-state index in [-0.39, 0.29) is 0 Å². The van der Waals surface area contributed by atoms with Crippen molar-refractivity contribution < 1.29 is 0 Å². The van der Waals surface area contributed by atoms with Crippen LogP contribution in [0.25, 0.3) is 0 Å². The van der Waals surface area contributed by atoms with Gasteiger partial charge in [0.15, 0.2) is 5.95 Å². The van der Waals surface area contributed by atoms with Gasteiger partial charge in [-0.25, -0.2) is 4.98 Å². The first-order valence-corrected chi connectivity index (χ1v) is 3.40. The van der Waals surface area contributed by atoms with Gasteiger partial charge in [-0.3, -0.25) is 0 Å². The van der Waals surface area contributed by atoms with Crippen LogP contribution in [0.1, 0.15) is 25.5 Å². The van der Waals surface area contributed by atoms with Gasteiger partial charge in [0.1, 0.15) is 0 Å². The number of hydrogen-bond donors (Lipinski definition) is 1. The Labute approximate surface area is 60.9 Å². The minimum absolute atomic E-state index is 0.495. The summed E-state index contributed by atoms with van der Waals surface area (Å²) in [4.78, 5) is 3.98. The maximum absolute atomic E-state index is 5.53. The number of aromatic nitrogens is 2. The van der Waals surface area contributed by atoms with Gasteiger partial charge < -0.3 is 10.3 Å². The second-order valence-corrected chi connectivity index (χ2v) is 2.75. The zero-order valence-electron chi connectivity index (χ0n) is 6.63. The molecule has 3 nitrogen and oxygen atoms in total. The van der Waals surface area contributed by atoms with E-state index in [1.54, 1.807) is 0 Å². The molecule has 0 aliphatic carbocycles. The average molecular weight is 139 g/mol. The predicted molar refractivity (Wildman–Crippen MR) is 41.7 cm³/mol. The minimum atomic E-state index is 0.495. The molecule has 3 heteroatoms. The van der Waals surface area contributed by atoms with Crippen molar-refractivity contribution in [3.8, 4) is 0 Å². The summed E-state index contributed by atoms with van der Waals surface area (Å²) in [5.41, 5.74) is 6.71. The van der Waals surface area contributed by atoms with Crippen molar-refractivity contribution in [2.24, 2.45) is 7.05 Å². The van der Waals surface area contributed by atoms with Crippen LogP contribution in [-0.4, -0.2) is 9.55 Å². The molecule has 1 rings (SSSR count). The molecular formula is C7H13N3. The van der Waals surface area contributed by atoms with Crippen molar-refractivity contribution in [1.29, 1.82) is 0 Å². The molecule has 10 heavy (non-hydrogen) atoms. The highest BCUT2D eigenvalue weighted by Gasteiger charge is 2.05. The number of nitrogen functional groups attached to an aromatic ring is 1. The maximum Gasteiger partial charge on any atom is 0.200 e. The van der Waals surface area contributed by atoms with Crippen molar-refractivity contribution in [3.05, 3.63) is 11.9 Å². The van der Waals surface area contributed by atoms with Gasteiger partial charge in [0, 0.05) is 12.7 Å². The van der Waals surface area contributed by atoms with Crippen LogP contribution in [0.4, 0.5) is 5.95 Å². The first-order chi connectivity index (χ1) is 4.63. The lowest BCUT2D eigenvalue weighted by molar-refractivity contribution is 0.747. The van der Waals surface area contributed by atoms with Crippen molar-refractivity contribution in [2.75, 3.05) is 5.73 Å². The summed E-state index contributed by atoms with van der Waals surface area (Å²) < 4.78 is 1.91. The molecule has 0 fully saturated rings. The lowest BCUT2D eigenvalue weighted by atomic mass is 10.1. The fourth-order valence-corrected chi connectivity index (χ4v) is 0.974. The normalized spacial score (nSPS) is 10.8. The summed E-state index contributed by atoms with van der Waals surface area (Å²) in [6.07, 6.45) is 1.82. The van der Waals surface area contributed by atoms with E-state index in [0.717, 1.165) is 0 Å². The maximum atomic E-state index is 5.53. The number of hydrogen-bond acceptors (Lipinski definition) is 2. The fourth-order valence-electron chi connectivity index (χ4n) is 0.974. The van der Waals surface area contributed by atoms with E-state index in [4.69, 9.17) is 5.73 Å². The third-order valence-corrected chi connectivity index (χ3v) is 1.65. The molecule has 0 spiro atoms. The molecule has 0 radical (unpaired) electrons. The third kappa shape index (κ3) is 0.988. The number of anilines is 1. The van der Waals surface area contributed by atoms with Crippen LogP contribution in [0.2, 0.25) is 0 Å². The summed E-state index contributed by atoms with van der Waals surface area (Å²) >= 11 is 0. The third-order valence-electron chi connectivity index (χ3n) is 1.65. The topological polar surface area (TPSA) is 43.8 Å². The summed E-state index contributed by atoms with van der Waals surface area (Å²) in [6.45, 7) is 4.24. The number of nitrogens with two attached hydrogens (primary N) is 1. The Morgan fingerprint density at radius 3 is 2.40 bits per heavy atom.